The van der Waals surface area contributed by atoms with E-state index in [1.807, 2.05) is 13.8 Å². The van der Waals surface area contributed by atoms with Gasteiger partial charge in [0.05, 0.1) is 14.2 Å². The van der Waals surface area contributed by atoms with Crippen LogP contribution in [0.3, 0.4) is 0 Å². The third-order valence-electron chi connectivity index (χ3n) is 4.53. The average Bonchev–Trinajstić information content (AvgIpc) is 3.16. The Hall–Kier alpha value is -1.99. The summed E-state index contributed by atoms with van der Waals surface area (Å²) in [5, 5.41) is 9.11. The quantitative estimate of drug-likeness (QED) is 0.619. The van der Waals surface area contributed by atoms with E-state index in [1.54, 1.807) is 18.2 Å². The molecule has 3 N–H and O–H groups in total. The minimum atomic E-state index is -0.610. The van der Waals surface area contributed by atoms with Crippen LogP contribution in [-0.4, -0.2) is 51.2 Å². The summed E-state index contributed by atoms with van der Waals surface area (Å²) in [6, 6.07) is 4.63. The Morgan fingerprint density at radius 1 is 1.19 bits per heavy atom. The van der Waals surface area contributed by atoms with Crippen molar-refractivity contribution in [2.45, 2.75) is 38.8 Å². The lowest BCUT2D eigenvalue weighted by Gasteiger charge is -2.23. The summed E-state index contributed by atoms with van der Waals surface area (Å²) in [4.78, 5) is 25.2. The molecule has 8 heteroatoms. The lowest BCUT2D eigenvalue weighted by atomic mass is 10.0. The first kappa shape index (κ1) is 23.0. The van der Waals surface area contributed by atoms with E-state index < -0.39 is 6.04 Å². The molecule has 0 spiro atoms. The number of nitrogens with one attached hydrogen (secondary N) is 3. The van der Waals surface area contributed by atoms with Crippen LogP contribution in [0.1, 0.15) is 37.0 Å². The number of amides is 2. The fourth-order valence-electron chi connectivity index (χ4n) is 2.96. The smallest absolute Gasteiger partial charge is 0.252 e. The monoisotopic (exact) mass is 399 g/mol. The van der Waals surface area contributed by atoms with E-state index in [4.69, 9.17) is 9.47 Å². The van der Waals surface area contributed by atoms with Gasteiger partial charge in [-0.05, 0) is 37.4 Å². The minimum absolute atomic E-state index is 0. The molecule has 0 aliphatic carbocycles. The van der Waals surface area contributed by atoms with Crippen molar-refractivity contribution in [1.82, 2.24) is 16.0 Å². The highest BCUT2D eigenvalue weighted by Gasteiger charge is 2.26. The van der Waals surface area contributed by atoms with Gasteiger partial charge in [0.15, 0.2) is 0 Å². The van der Waals surface area contributed by atoms with Crippen molar-refractivity contribution >= 4 is 24.2 Å². The molecule has 2 unspecified atom stereocenters. The highest BCUT2D eigenvalue weighted by molar-refractivity contribution is 5.98. The predicted molar refractivity (Wildman–Crippen MR) is 107 cm³/mol. The van der Waals surface area contributed by atoms with E-state index in [-0.39, 0.29) is 30.1 Å². The van der Waals surface area contributed by atoms with Crippen molar-refractivity contribution in [3.8, 4) is 11.5 Å². The van der Waals surface area contributed by atoms with Crippen LogP contribution in [0, 0.1) is 5.92 Å². The van der Waals surface area contributed by atoms with Crippen LogP contribution in [0.25, 0.3) is 0 Å². The molecule has 1 heterocycles. The second-order valence-electron chi connectivity index (χ2n) is 6.83. The van der Waals surface area contributed by atoms with Gasteiger partial charge in [0, 0.05) is 24.2 Å². The first-order valence-corrected chi connectivity index (χ1v) is 8.99. The summed E-state index contributed by atoms with van der Waals surface area (Å²) in [7, 11) is 3.05. The zero-order valence-corrected chi connectivity index (χ0v) is 17.2. The van der Waals surface area contributed by atoms with E-state index in [1.165, 1.54) is 14.2 Å². The van der Waals surface area contributed by atoms with Crippen molar-refractivity contribution < 1.29 is 19.1 Å². The minimum Gasteiger partial charge on any atom is -0.497 e. The van der Waals surface area contributed by atoms with Crippen LogP contribution >= 0.6 is 12.4 Å². The lowest BCUT2D eigenvalue weighted by molar-refractivity contribution is -0.124. The molecular formula is C19H30ClN3O4. The number of ether oxygens (including phenoxy) is 2. The molecule has 2 rings (SSSR count). The SMILES string of the molecule is COc1cc(OC)cc(C(=O)NC(C(=O)NCC2CCCN2)C(C)C)c1.Cl. The Bertz CT molecular complexity index is 611. The number of methoxy groups -OCH3 is 2. The maximum Gasteiger partial charge on any atom is 0.252 e. The van der Waals surface area contributed by atoms with Crippen molar-refractivity contribution in [2.24, 2.45) is 5.92 Å². The molecule has 0 radical (unpaired) electrons. The van der Waals surface area contributed by atoms with Crippen molar-refractivity contribution in [3.63, 3.8) is 0 Å². The third-order valence-corrected chi connectivity index (χ3v) is 4.53. The number of hydrogen-bond donors (Lipinski definition) is 3. The molecule has 1 fully saturated rings. The van der Waals surface area contributed by atoms with Gasteiger partial charge < -0.3 is 25.4 Å². The van der Waals surface area contributed by atoms with E-state index in [0.717, 1.165) is 19.4 Å². The normalized spacial score (nSPS) is 17.0. The van der Waals surface area contributed by atoms with Gasteiger partial charge in [0.25, 0.3) is 5.91 Å². The largest absolute Gasteiger partial charge is 0.497 e. The van der Waals surface area contributed by atoms with Crippen LogP contribution in [0.2, 0.25) is 0 Å². The second kappa shape index (κ2) is 11.0. The van der Waals surface area contributed by atoms with E-state index in [9.17, 15) is 9.59 Å². The molecular weight excluding hydrogens is 370 g/mol. The Morgan fingerprint density at radius 3 is 2.30 bits per heavy atom. The van der Waals surface area contributed by atoms with E-state index in [0.29, 0.717) is 29.6 Å². The second-order valence-corrected chi connectivity index (χ2v) is 6.83. The van der Waals surface area contributed by atoms with E-state index in [2.05, 4.69) is 16.0 Å². The molecule has 1 aromatic carbocycles. The number of carbonyl (C=O) groups is 2. The number of hydrogen-bond acceptors (Lipinski definition) is 5. The first-order chi connectivity index (χ1) is 12.4. The first-order valence-electron chi connectivity index (χ1n) is 8.99. The number of carbonyl (C=O) groups excluding carboxylic acids is 2. The molecule has 1 aliphatic heterocycles. The number of halogens is 1. The Labute approximate surface area is 167 Å². The fraction of sp³-hybridized carbons (Fsp3) is 0.579. The van der Waals surface area contributed by atoms with Gasteiger partial charge in [0.2, 0.25) is 5.91 Å². The van der Waals surface area contributed by atoms with Gasteiger partial charge in [-0.25, -0.2) is 0 Å². The highest BCUT2D eigenvalue weighted by Crippen LogP contribution is 2.22. The van der Waals surface area contributed by atoms with Gasteiger partial charge in [-0.15, -0.1) is 12.4 Å². The lowest BCUT2D eigenvalue weighted by Crippen LogP contribution is -2.51. The predicted octanol–water partition coefficient (Wildman–Crippen LogP) is 1.75. The summed E-state index contributed by atoms with van der Waals surface area (Å²) in [5.41, 5.74) is 0.386. The highest BCUT2D eigenvalue weighted by atomic mass is 35.5. The van der Waals surface area contributed by atoms with Gasteiger partial charge in [-0.1, -0.05) is 13.8 Å². The zero-order valence-electron chi connectivity index (χ0n) is 16.3. The summed E-state index contributed by atoms with van der Waals surface area (Å²) < 4.78 is 10.4. The topological polar surface area (TPSA) is 88.7 Å². The fourth-order valence-corrected chi connectivity index (χ4v) is 2.96. The van der Waals surface area contributed by atoms with Gasteiger partial charge in [0.1, 0.15) is 17.5 Å². The Kier molecular flexibility index (Phi) is 9.38. The van der Waals surface area contributed by atoms with Crippen LogP contribution in [0.5, 0.6) is 11.5 Å². The van der Waals surface area contributed by atoms with Crippen LogP contribution in [0.15, 0.2) is 18.2 Å². The number of benzene rings is 1. The average molecular weight is 400 g/mol. The number of rotatable bonds is 8. The maximum atomic E-state index is 12.6. The van der Waals surface area contributed by atoms with Crippen LogP contribution < -0.4 is 25.4 Å². The zero-order chi connectivity index (χ0) is 19.1. The molecule has 0 saturated carbocycles. The Balaban J connectivity index is 0.00000364. The molecule has 1 saturated heterocycles. The van der Waals surface area contributed by atoms with Gasteiger partial charge in [-0.3, -0.25) is 9.59 Å². The summed E-state index contributed by atoms with van der Waals surface area (Å²) in [5.74, 6) is 0.495. The van der Waals surface area contributed by atoms with Gasteiger partial charge >= 0.3 is 0 Å². The Morgan fingerprint density at radius 2 is 1.81 bits per heavy atom. The molecule has 2 atom stereocenters. The van der Waals surface area contributed by atoms with E-state index >= 15 is 0 Å². The summed E-state index contributed by atoms with van der Waals surface area (Å²) >= 11 is 0. The maximum absolute atomic E-state index is 12.6. The molecule has 27 heavy (non-hydrogen) atoms. The molecule has 152 valence electrons. The van der Waals surface area contributed by atoms with Crippen molar-refractivity contribution in [3.05, 3.63) is 23.8 Å². The standard InChI is InChI=1S/C19H29N3O4.ClH/c1-12(2)17(19(24)21-11-14-6-5-7-20-14)22-18(23)13-8-15(25-3)10-16(9-13)26-4;/h8-10,12,14,17,20H,5-7,11H2,1-4H3,(H,21,24)(H,22,23);1H. The van der Waals surface area contributed by atoms with Crippen LogP contribution in [0.4, 0.5) is 0 Å². The van der Waals surface area contributed by atoms with Crippen molar-refractivity contribution in [1.29, 1.82) is 0 Å². The molecule has 0 bridgehead atoms. The molecule has 2 amide bonds. The molecule has 1 aromatic rings. The van der Waals surface area contributed by atoms with Crippen molar-refractivity contribution in [2.75, 3.05) is 27.3 Å². The van der Waals surface area contributed by atoms with Gasteiger partial charge in [-0.2, -0.15) is 0 Å². The van der Waals surface area contributed by atoms with Crippen LogP contribution in [-0.2, 0) is 4.79 Å². The summed E-state index contributed by atoms with van der Waals surface area (Å²) in [6.07, 6.45) is 2.19. The molecule has 1 aliphatic rings. The third kappa shape index (κ3) is 6.59. The molecule has 0 aromatic heterocycles. The summed E-state index contributed by atoms with van der Waals surface area (Å²) in [6.45, 7) is 5.38. The molecule has 7 nitrogen and oxygen atoms in total.